The van der Waals surface area contributed by atoms with Crippen molar-refractivity contribution in [2.24, 2.45) is 0 Å². The average molecular weight is 622 g/mol. The number of aromatic nitrogens is 1. The number of hydrogen-bond donors (Lipinski definition) is 0. The quantitative estimate of drug-likeness (QED) is 0.184. The standard InChI is InChI=1S/C46H27N3/c47-28-30-24-34(26-35(25-30)49-43-20-10-8-14-36(43)37-15-9-11-21-44(37)49)42-27-32(22-23-33(42)29-48)46-40-18-6-4-16-38(40)45(31-12-2-1-3-13-31)39-17-5-7-19-41(39)46/h1-27H. The third-order valence-electron chi connectivity index (χ3n) is 9.62. The van der Waals surface area contributed by atoms with E-state index in [0.717, 1.165) is 60.5 Å². The number of nitriles is 2. The molecule has 0 bridgehead atoms. The number of rotatable bonds is 4. The Labute approximate surface area is 283 Å². The van der Waals surface area contributed by atoms with Gasteiger partial charge in [0, 0.05) is 22.0 Å². The van der Waals surface area contributed by atoms with Gasteiger partial charge in [0.1, 0.15) is 0 Å². The zero-order valence-electron chi connectivity index (χ0n) is 26.4. The highest BCUT2D eigenvalue weighted by molar-refractivity contribution is 6.21. The topological polar surface area (TPSA) is 52.5 Å². The van der Waals surface area contributed by atoms with Crippen LogP contribution in [-0.2, 0) is 0 Å². The van der Waals surface area contributed by atoms with Gasteiger partial charge in [0.05, 0.1) is 34.3 Å². The Morgan fingerprint density at radius 3 is 1.45 bits per heavy atom. The molecular weight excluding hydrogens is 595 g/mol. The molecule has 9 aromatic rings. The highest BCUT2D eigenvalue weighted by atomic mass is 15.0. The van der Waals surface area contributed by atoms with E-state index in [1.807, 2.05) is 30.3 Å². The maximum Gasteiger partial charge on any atom is 0.0998 e. The molecule has 0 amide bonds. The molecular formula is C46H27N3. The molecule has 0 fully saturated rings. The lowest BCUT2D eigenvalue weighted by Crippen LogP contribution is -1.97. The molecule has 0 N–H and O–H groups in total. The van der Waals surface area contributed by atoms with E-state index in [9.17, 15) is 10.5 Å². The molecule has 9 rings (SSSR count). The van der Waals surface area contributed by atoms with E-state index in [-0.39, 0.29) is 0 Å². The van der Waals surface area contributed by atoms with E-state index in [2.05, 4.69) is 150 Å². The number of nitrogens with zero attached hydrogens (tertiary/aromatic N) is 3. The van der Waals surface area contributed by atoms with Crippen molar-refractivity contribution in [2.45, 2.75) is 0 Å². The predicted molar refractivity (Wildman–Crippen MR) is 202 cm³/mol. The molecule has 0 saturated heterocycles. The van der Waals surface area contributed by atoms with Crippen molar-refractivity contribution in [3.05, 3.63) is 175 Å². The molecule has 0 spiro atoms. The van der Waals surface area contributed by atoms with Crippen molar-refractivity contribution < 1.29 is 0 Å². The first-order chi connectivity index (χ1) is 24.2. The highest BCUT2D eigenvalue weighted by Gasteiger charge is 2.19. The third-order valence-corrected chi connectivity index (χ3v) is 9.62. The van der Waals surface area contributed by atoms with Gasteiger partial charge < -0.3 is 4.57 Å². The fraction of sp³-hybridized carbons (Fsp3) is 0. The van der Waals surface area contributed by atoms with Crippen molar-refractivity contribution >= 4 is 43.4 Å². The molecule has 0 aliphatic carbocycles. The summed E-state index contributed by atoms with van der Waals surface area (Å²) in [6.07, 6.45) is 0. The summed E-state index contributed by atoms with van der Waals surface area (Å²) in [5, 5.41) is 27.6. The lowest BCUT2D eigenvalue weighted by atomic mass is 9.85. The molecule has 0 unspecified atom stereocenters. The molecule has 0 aliphatic heterocycles. The van der Waals surface area contributed by atoms with Gasteiger partial charge in [-0.25, -0.2) is 0 Å². The van der Waals surface area contributed by atoms with E-state index in [1.165, 1.54) is 21.9 Å². The van der Waals surface area contributed by atoms with Crippen molar-refractivity contribution in [1.82, 2.24) is 4.57 Å². The summed E-state index contributed by atoms with van der Waals surface area (Å²) < 4.78 is 2.22. The van der Waals surface area contributed by atoms with Crippen molar-refractivity contribution in [1.29, 1.82) is 10.5 Å². The van der Waals surface area contributed by atoms with Crippen LogP contribution in [0.25, 0.3) is 82.4 Å². The normalized spacial score (nSPS) is 11.2. The maximum atomic E-state index is 10.4. The molecule has 8 aromatic carbocycles. The molecule has 0 radical (unpaired) electrons. The Balaban J connectivity index is 1.31. The van der Waals surface area contributed by atoms with E-state index >= 15 is 0 Å². The molecule has 0 aliphatic rings. The monoisotopic (exact) mass is 621 g/mol. The van der Waals surface area contributed by atoms with Crippen LogP contribution in [0.1, 0.15) is 11.1 Å². The van der Waals surface area contributed by atoms with E-state index in [1.54, 1.807) is 0 Å². The largest absolute Gasteiger partial charge is 0.309 e. The second-order valence-electron chi connectivity index (χ2n) is 12.3. The zero-order chi connectivity index (χ0) is 32.9. The van der Waals surface area contributed by atoms with Gasteiger partial charge in [0.25, 0.3) is 0 Å². The summed E-state index contributed by atoms with van der Waals surface area (Å²) >= 11 is 0. The van der Waals surface area contributed by atoms with Crippen LogP contribution in [0, 0.1) is 22.7 Å². The van der Waals surface area contributed by atoms with Gasteiger partial charge in [0.15, 0.2) is 0 Å². The summed E-state index contributed by atoms with van der Waals surface area (Å²) in [5.74, 6) is 0. The van der Waals surface area contributed by atoms with E-state index < -0.39 is 0 Å². The van der Waals surface area contributed by atoms with Crippen LogP contribution in [0.2, 0.25) is 0 Å². The second kappa shape index (κ2) is 11.4. The van der Waals surface area contributed by atoms with Gasteiger partial charge in [-0.3, -0.25) is 0 Å². The van der Waals surface area contributed by atoms with Crippen LogP contribution < -0.4 is 0 Å². The number of hydrogen-bond acceptors (Lipinski definition) is 2. The number of benzene rings is 8. The minimum atomic E-state index is 0.534. The molecule has 49 heavy (non-hydrogen) atoms. The second-order valence-corrected chi connectivity index (χ2v) is 12.3. The highest BCUT2D eigenvalue weighted by Crippen LogP contribution is 2.45. The summed E-state index contributed by atoms with van der Waals surface area (Å²) in [7, 11) is 0. The van der Waals surface area contributed by atoms with Crippen LogP contribution >= 0.6 is 0 Å². The number of para-hydroxylation sites is 2. The van der Waals surface area contributed by atoms with Gasteiger partial charge in [-0.2, -0.15) is 10.5 Å². The van der Waals surface area contributed by atoms with Crippen LogP contribution in [0.4, 0.5) is 0 Å². The van der Waals surface area contributed by atoms with Crippen molar-refractivity contribution in [3.8, 4) is 51.2 Å². The molecule has 1 aromatic heterocycles. The molecule has 3 heteroatoms. The van der Waals surface area contributed by atoms with Crippen molar-refractivity contribution in [2.75, 3.05) is 0 Å². The number of fused-ring (bicyclic) bond motifs is 5. The van der Waals surface area contributed by atoms with E-state index in [0.29, 0.717) is 11.1 Å². The summed E-state index contributed by atoms with van der Waals surface area (Å²) in [5.41, 5.74) is 10.2. The first-order valence-corrected chi connectivity index (χ1v) is 16.3. The molecule has 226 valence electrons. The van der Waals surface area contributed by atoms with E-state index in [4.69, 9.17) is 0 Å². The fourth-order valence-electron chi connectivity index (χ4n) is 7.55. The first-order valence-electron chi connectivity index (χ1n) is 16.3. The van der Waals surface area contributed by atoms with Crippen LogP contribution in [0.3, 0.4) is 0 Å². The maximum absolute atomic E-state index is 10.4. The van der Waals surface area contributed by atoms with Crippen LogP contribution in [0.5, 0.6) is 0 Å². The Bertz CT molecular complexity index is 2740. The van der Waals surface area contributed by atoms with Crippen LogP contribution in [0.15, 0.2) is 164 Å². The smallest absolute Gasteiger partial charge is 0.0998 e. The van der Waals surface area contributed by atoms with Crippen molar-refractivity contribution in [3.63, 3.8) is 0 Å². The predicted octanol–water partition coefficient (Wildman–Crippen LogP) is 11.8. The third kappa shape index (κ3) is 4.49. The Morgan fingerprint density at radius 2 is 0.898 bits per heavy atom. The lowest BCUT2D eigenvalue weighted by Gasteiger charge is -2.18. The van der Waals surface area contributed by atoms with Gasteiger partial charge in [-0.1, -0.05) is 121 Å². The summed E-state index contributed by atoms with van der Waals surface area (Å²) in [6, 6.07) is 61.3. The Hall–Kier alpha value is -6.94. The zero-order valence-corrected chi connectivity index (χ0v) is 26.4. The average Bonchev–Trinajstić information content (AvgIpc) is 3.51. The fourth-order valence-corrected chi connectivity index (χ4v) is 7.55. The summed E-state index contributed by atoms with van der Waals surface area (Å²) in [4.78, 5) is 0. The van der Waals surface area contributed by atoms with Gasteiger partial charge in [-0.05, 0) is 91.8 Å². The lowest BCUT2D eigenvalue weighted by molar-refractivity contribution is 1.18. The Morgan fingerprint density at radius 1 is 0.388 bits per heavy atom. The van der Waals surface area contributed by atoms with Crippen LogP contribution in [-0.4, -0.2) is 4.57 Å². The van der Waals surface area contributed by atoms with Gasteiger partial charge >= 0.3 is 0 Å². The minimum Gasteiger partial charge on any atom is -0.309 e. The molecule has 0 saturated carbocycles. The molecule has 3 nitrogen and oxygen atoms in total. The molecule has 0 atom stereocenters. The van der Waals surface area contributed by atoms with Gasteiger partial charge in [-0.15, -0.1) is 0 Å². The SMILES string of the molecule is N#Cc1cc(-c2cc(-c3c4ccccc4c(-c4ccccc4)c4ccccc34)ccc2C#N)cc(-n2c3ccccc3c3ccccc32)c1. The summed E-state index contributed by atoms with van der Waals surface area (Å²) in [6.45, 7) is 0. The Kier molecular flexibility index (Phi) is 6.58. The minimum absolute atomic E-state index is 0.534. The molecule has 1 heterocycles. The first kappa shape index (κ1) is 28.3. The van der Waals surface area contributed by atoms with Gasteiger partial charge in [0.2, 0.25) is 0 Å².